The van der Waals surface area contributed by atoms with Gasteiger partial charge in [-0.1, -0.05) is 79.1 Å². The molecule has 0 nitrogen and oxygen atoms in total. The standard InChI is InChI=1S/2C11H17.Zr/c2*1-3-5-7-11-9-6-8-10(11)4-2;/h2*8H,3-7H2,1-2H3;/q2*-1;+2. The van der Waals surface area contributed by atoms with Crippen molar-refractivity contribution in [2.45, 2.75) is 91.9 Å². The fourth-order valence-electron chi connectivity index (χ4n) is 2.99. The molecule has 126 valence electrons. The Hall–Kier alpha value is -0.157. The Kier molecular flexibility index (Phi) is 14.1. The van der Waals surface area contributed by atoms with Crippen molar-refractivity contribution < 1.29 is 26.2 Å². The Bertz CT molecular complexity index is 393. The zero-order valence-corrected chi connectivity index (χ0v) is 18.2. The summed E-state index contributed by atoms with van der Waals surface area (Å²) in [4.78, 5) is 0. The van der Waals surface area contributed by atoms with Gasteiger partial charge >= 0.3 is 26.2 Å². The van der Waals surface area contributed by atoms with E-state index in [2.05, 4.69) is 52.0 Å². The molecule has 2 aliphatic rings. The number of unbranched alkanes of at least 4 members (excludes halogenated alkanes) is 2. The van der Waals surface area contributed by atoms with E-state index in [1.54, 1.807) is 11.1 Å². The third kappa shape index (κ3) is 8.48. The summed E-state index contributed by atoms with van der Waals surface area (Å²) in [7, 11) is 0. The van der Waals surface area contributed by atoms with Gasteiger partial charge in [0, 0.05) is 0 Å². The van der Waals surface area contributed by atoms with Crippen molar-refractivity contribution in [2.24, 2.45) is 0 Å². The molecule has 2 rings (SSSR count). The summed E-state index contributed by atoms with van der Waals surface area (Å²) in [6.07, 6.45) is 23.7. The molecule has 0 N–H and O–H groups in total. The van der Waals surface area contributed by atoms with Crippen molar-refractivity contribution in [3.8, 4) is 0 Å². The van der Waals surface area contributed by atoms with Gasteiger partial charge in [-0.3, -0.25) is 12.2 Å². The molecular weight excluding hydrogens is 355 g/mol. The molecule has 0 aromatic heterocycles. The van der Waals surface area contributed by atoms with Crippen LogP contribution in [0.1, 0.15) is 91.9 Å². The van der Waals surface area contributed by atoms with E-state index in [9.17, 15) is 0 Å². The summed E-state index contributed by atoms with van der Waals surface area (Å²) in [5.74, 6) is 0. The molecule has 0 aromatic carbocycles. The van der Waals surface area contributed by atoms with E-state index in [0.29, 0.717) is 0 Å². The molecule has 0 spiro atoms. The number of rotatable bonds is 8. The van der Waals surface area contributed by atoms with Crippen molar-refractivity contribution in [1.82, 2.24) is 0 Å². The van der Waals surface area contributed by atoms with Crippen LogP contribution in [0.25, 0.3) is 0 Å². The van der Waals surface area contributed by atoms with Crippen molar-refractivity contribution in [3.05, 3.63) is 46.6 Å². The minimum atomic E-state index is 0. The molecule has 0 saturated carbocycles. The minimum absolute atomic E-state index is 0. The quantitative estimate of drug-likeness (QED) is 0.382. The monoisotopic (exact) mass is 388 g/mol. The smallest absolute Gasteiger partial charge is 0.269 e. The maximum Gasteiger partial charge on any atom is 2.00 e. The van der Waals surface area contributed by atoms with Gasteiger partial charge < -0.3 is 0 Å². The Morgan fingerprint density at radius 3 is 1.43 bits per heavy atom. The molecule has 0 aliphatic heterocycles. The fraction of sp³-hybridized carbons (Fsp3) is 0.636. The average molecular weight is 390 g/mol. The molecule has 0 fully saturated rings. The molecule has 1 heteroatoms. The van der Waals surface area contributed by atoms with Gasteiger partial charge in [0.2, 0.25) is 0 Å². The van der Waals surface area contributed by atoms with Crippen LogP contribution in [0.4, 0.5) is 0 Å². The summed E-state index contributed by atoms with van der Waals surface area (Å²) < 4.78 is 0. The molecule has 0 unspecified atom stereocenters. The van der Waals surface area contributed by atoms with E-state index in [1.165, 1.54) is 62.5 Å². The third-order valence-corrected chi connectivity index (χ3v) is 4.43. The first-order valence-corrected chi connectivity index (χ1v) is 9.34. The molecule has 0 saturated heterocycles. The topological polar surface area (TPSA) is 0 Å². The third-order valence-electron chi connectivity index (χ3n) is 4.43. The van der Waals surface area contributed by atoms with Crippen LogP contribution in [-0.4, -0.2) is 0 Å². The van der Waals surface area contributed by atoms with Gasteiger partial charge in [-0.15, -0.1) is 12.8 Å². The van der Waals surface area contributed by atoms with Crippen LogP contribution >= 0.6 is 0 Å². The van der Waals surface area contributed by atoms with Crippen molar-refractivity contribution in [1.29, 1.82) is 0 Å². The molecule has 2 aliphatic carbocycles. The number of hydrogen-bond acceptors (Lipinski definition) is 0. The summed E-state index contributed by atoms with van der Waals surface area (Å²) in [6, 6.07) is 0. The van der Waals surface area contributed by atoms with E-state index in [1.807, 2.05) is 0 Å². The molecule has 23 heavy (non-hydrogen) atoms. The van der Waals surface area contributed by atoms with Crippen molar-refractivity contribution in [2.75, 3.05) is 0 Å². The predicted molar refractivity (Wildman–Crippen MR) is 98.5 cm³/mol. The SMILES string of the molecule is CCCCC1=[C-]CC=C1CC.CCCCC1=[C-]CC=C1CC.[Zr+2]. The molecular formula is C22H34Zr. The second kappa shape index (κ2) is 14.2. The molecule has 0 bridgehead atoms. The zero-order chi connectivity index (χ0) is 16.2. The van der Waals surface area contributed by atoms with Crippen LogP contribution in [0.15, 0.2) is 34.4 Å². The van der Waals surface area contributed by atoms with Gasteiger partial charge in [0.15, 0.2) is 0 Å². The molecule has 0 atom stereocenters. The van der Waals surface area contributed by atoms with E-state index in [-0.39, 0.29) is 26.2 Å². The second-order valence-electron chi connectivity index (χ2n) is 6.09. The van der Waals surface area contributed by atoms with E-state index in [0.717, 1.165) is 12.8 Å². The van der Waals surface area contributed by atoms with Crippen LogP contribution in [0.5, 0.6) is 0 Å². The number of allylic oxidation sites excluding steroid dienone is 8. The van der Waals surface area contributed by atoms with Gasteiger partial charge in [0.05, 0.1) is 0 Å². The average Bonchev–Trinajstić information content (AvgIpc) is 3.19. The molecule has 0 aromatic rings. The summed E-state index contributed by atoms with van der Waals surface area (Å²) in [5.41, 5.74) is 6.07. The maximum absolute atomic E-state index is 3.42. The van der Waals surface area contributed by atoms with Crippen molar-refractivity contribution >= 4 is 0 Å². The van der Waals surface area contributed by atoms with Crippen LogP contribution in [0.3, 0.4) is 0 Å². The molecule has 0 amide bonds. The first kappa shape index (κ1) is 22.8. The van der Waals surface area contributed by atoms with E-state index >= 15 is 0 Å². The Labute approximate surface area is 164 Å². The zero-order valence-electron chi connectivity index (χ0n) is 15.7. The molecule has 0 heterocycles. The normalized spacial score (nSPS) is 15.8. The Balaban J connectivity index is 0.000000403. The van der Waals surface area contributed by atoms with E-state index < -0.39 is 0 Å². The van der Waals surface area contributed by atoms with Crippen LogP contribution in [0, 0.1) is 12.2 Å². The summed E-state index contributed by atoms with van der Waals surface area (Å²) in [6.45, 7) is 8.94. The second-order valence-corrected chi connectivity index (χ2v) is 6.09. The van der Waals surface area contributed by atoms with Gasteiger partial charge in [0.25, 0.3) is 0 Å². The first-order valence-electron chi connectivity index (χ1n) is 9.34. The predicted octanol–water partition coefficient (Wildman–Crippen LogP) is 7.29. The largest absolute Gasteiger partial charge is 2.00 e. The van der Waals surface area contributed by atoms with Crippen LogP contribution in [-0.2, 0) is 26.2 Å². The van der Waals surface area contributed by atoms with Crippen LogP contribution in [0.2, 0.25) is 0 Å². The van der Waals surface area contributed by atoms with Gasteiger partial charge in [-0.2, -0.15) is 23.3 Å². The molecule has 0 radical (unpaired) electrons. The Morgan fingerprint density at radius 1 is 0.739 bits per heavy atom. The van der Waals surface area contributed by atoms with Crippen molar-refractivity contribution in [3.63, 3.8) is 0 Å². The number of hydrogen-bond donors (Lipinski definition) is 0. The summed E-state index contributed by atoms with van der Waals surface area (Å²) >= 11 is 0. The fourth-order valence-corrected chi connectivity index (χ4v) is 2.99. The van der Waals surface area contributed by atoms with E-state index in [4.69, 9.17) is 0 Å². The van der Waals surface area contributed by atoms with Gasteiger partial charge in [-0.05, 0) is 0 Å². The van der Waals surface area contributed by atoms with Gasteiger partial charge in [0.1, 0.15) is 0 Å². The Morgan fingerprint density at radius 2 is 1.13 bits per heavy atom. The minimum Gasteiger partial charge on any atom is -0.269 e. The van der Waals surface area contributed by atoms with Gasteiger partial charge in [-0.25, -0.2) is 11.1 Å². The summed E-state index contributed by atoms with van der Waals surface area (Å²) in [5, 5.41) is 0. The maximum atomic E-state index is 3.42. The first-order chi connectivity index (χ1) is 10.8. The van der Waals surface area contributed by atoms with Crippen LogP contribution < -0.4 is 0 Å².